The number of ether oxygens (including phenoxy) is 1. The molecule has 12 heteroatoms. The average Bonchev–Trinajstić information content (AvgIpc) is 2.51. The van der Waals surface area contributed by atoms with Crippen molar-refractivity contribution in [1.82, 2.24) is 14.7 Å². The summed E-state index contributed by atoms with van der Waals surface area (Å²) in [5.74, 6) is -1.10. The van der Waals surface area contributed by atoms with Crippen LogP contribution in [-0.4, -0.2) is 32.2 Å². The van der Waals surface area contributed by atoms with E-state index < -0.39 is 44.6 Å². The average molecular weight is 400 g/mol. The van der Waals surface area contributed by atoms with Crippen LogP contribution in [0.2, 0.25) is 5.15 Å². The highest BCUT2D eigenvalue weighted by Gasteiger charge is 2.34. The summed E-state index contributed by atoms with van der Waals surface area (Å²) in [5.41, 5.74) is -1.63. The first kappa shape index (κ1) is 19.5. The molecule has 0 radical (unpaired) electrons. The van der Waals surface area contributed by atoms with Crippen LogP contribution in [-0.2, 0) is 20.9 Å². The van der Waals surface area contributed by atoms with E-state index in [-0.39, 0.29) is 11.3 Å². The van der Waals surface area contributed by atoms with Crippen LogP contribution >= 0.6 is 11.6 Å². The summed E-state index contributed by atoms with van der Waals surface area (Å²) in [4.78, 5) is 6.85. The molecular weight excluding hydrogens is 390 g/mol. The van der Waals surface area contributed by atoms with Gasteiger partial charge in [0.15, 0.2) is 5.03 Å². The van der Waals surface area contributed by atoms with Crippen molar-refractivity contribution in [2.75, 3.05) is 13.8 Å². The van der Waals surface area contributed by atoms with Gasteiger partial charge in [-0.3, -0.25) is 0 Å². The molecule has 0 amide bonds. The number of alkyl halides is 3. The van der Waals surface area contributed by atoms with Gasteiger partial charge in [0, 0.05) is 12.7 Å². The summed E-state index contributed by atoms with van der Waals surface area (Å²) < 4.78 is 82.5. The number of hydrogen-bond acceptors (Lipinski definition) is 5. The van der Waals surface area contributed by atoms with Gasteiger partial charge in [0.1, 0.15) is 11.9 Å². The molecule has 6 nitrogen and oxygen atoms in total. The minimum absolute atomic E-state index is 0.219. The maximum atomic E-state index is 13.4. The molecule has 0 aliphatic rings. The highest BCUT2D eigenvalue weighted by atomic mass is 35.5. The Labute approximate surface area is 144 Å². The van der Waals surface area contributed by atoms with E-state index in [0.29, 0.717) is 6.07 Å². The maximum Gasteiger partial charge on any atom is 0.419 e. The van der Waals surface area contributed by atoms with Crippen LogP contribution in [0.15, 0.2) is 29.3 Å². The van der Waals surface area contributed by atoms with Gasteiger partial charge in [-0.25, -0.2) is 18.4 Å². The van der Waals surface area contributed by atoms with Crippen molar-refractivity contribution in [2.24, 2.45) is 0 Å². The Hall–Kier alpha value is -1.82. The normalized spacial score (nSPS) is 12.4. The monoisotopic (exact) mass is 399 g/mol. The Morgan fingerprint density at radius 2 is 1.88 bits per heavy atom. The van der Waals surface area contributed by atoms with Gasteiger partial charge in [-0.1, -0.05) is 11.6 Å². The van der Waals surface area contributed by atoms with Gasteiger partial charge in [0.2, 0.25) is 5.95 Å². The van der Waals surface area contributed by atoms with Crippen molar-refractivity contribution in [3.63, 3.8) is 0 Å². The number of sulfonamides is 1. The fourth-order valence-corrected chi connectivity index (χ4v) is 3.16. The van der Waals surface area contributed by atoms with Crippen LogP contribution in [0.3, 0.4) is 0 Å². The second-order valence-electron chi connectivity index (χ2n) is 4.60. The van der Waals surface area contributed by atoms with Gasteiger partial charge in [0.25, 0.3) is 10.0 Å². The molecule has 2 aromatic rings. The molecule has 0 saturated carbocycles. The molecule has 0 saturated heterocycles. The van der Waals surface area contributed by atoms with E-state index in [1.165, 1.54) is 7.11 Å². The van der Waals surface area contributed by atoms with Gasteiger partial charge < -0.3 is 4.74 Å². The van der Waals surface area contributed by atoms with Gasteiger partial charge in [-0.2, -0.15) is 22.3 Å². The first-order valence-electron chi connectivity index (χ1n) is 6.45. The lowest BCUT2D eigenvalue weighted by Crippen LogP contribution is -2.27. The molecule has 0 unspecified atom stereocenters. The predicted octanol–water partition coefficient (Wildman–Crippen LogP) is 2.84. The molecule has 0 aliphatic heterocycles. The van der Waals surface area contributed by atoms with Crippen LogP contribution in [0.4, 0.5) is 17.6 Å². The Kier molecular flexibility index (Phi) is 5.62. The molecule has 2 aromatic heterocycles. The predicted molar refractivity (Wildman–Crippen MR) is 79.6 cm³/mol. The third kappa shape index (κ3) is 4.42. The van der Waals surface area contributed by atoms with E-state index >= 15 is 0 Å². The van der Waals surface area contributed by atoms with Crippen LogP contribution in [0.1, 0.15) is 5.56 Å². The Morgan fingerprint density at radius 3 is 2.44 bits per heavy atom. The number of hydrogen-bond donors (Lipinski definition) is 1. The summed E-state index contributed by atoms with van der Waals surface area (Å²) in [5, 5.41) is -1.63. The van der Waals surface area contributed by atoms with Crippen LogP contribution < -0.4 is 4.72 Å². The smallest absolute Gasteiger partial charge is 0.369 e. The second kappa shape index (κ2) is 7.20. The second-order valence-corrected chi connectivity index (χ2v) is 6.64. The zero-order valence-electron chi connectivity index (χ0n) is 12.4. The van der Waals surface area contributed by atoms with Gasteiger partial charge >= 0.3 is 6.18 Å². The molecule has 0 spiro atoms. The number of aromatic nitrogens is 2. The van der Waals surface area contributed by atoms with Crippen LogP contribution in [0.25, 0.3) is 11.3 Å². The summed E-state index contributed by atoms with van der Waals surface area (Å²) in [6, 6.07) is 3.43. The fraction of sp³-hybridized carbons (Fsp3) is 0.231. The minimum atomic E-state index is -4.72. The number of rotatable bonds is 5. The zero-order valence-corrected chi connectivity index (χ0v) is 14.0. The summed E-state index contributed by atoms with van der Waals surface area (Å²) >= 11 is 5.53. The minimum Gasteiger partial charge on any atom is -0.369 e. The molecule has 1 N–H and O–H groups in total. The summed E-state index contributed by atoms with van der Waals surface area (Å²) in [7, 11) is -3.08. The molecule has 0 fully saturated rings. The molecule has 0 aromatic carbocycles. The lowest BCUT2D eigenvalue weighted by molar-refractivity contribution is -0.137. The largest absolute Gasteiger partial charge is 0.419 e. The molecule has 2 heterocycles. The van der Waals surface area contributed by atoms with Gasteiger partial charge in [-0.05, 0) is 24.3 Å². The van der Waals surface area contributed by atoms with Crippen molar-refractivity contribution in [3.05, 3.63) is 40.9 Å². The maximum absolute atomic E-state index is 13.4. The standard InChI is InChI=1S/C13H10ClF4N3O3S/c1-24-6-19-25(22,23)12-7(2-5-10(15)21-12)9-4-3-8(11(14)20-9)13(16,17)18/h2-5,19H,6H2,1H3. The van der Waals surface area contributed by atoms with E-state index in [2.05, 4.69) is 14.7 Å². The van der Waals surface area contributed by atoms with Crippen molar-refractivity contribution >= 4 is 21.6 Å². The topological polar surface area (TPSA) is 81.2 Å². The fourth-order valence-electron chi connectivity index (χ4n) is 1.82. The molecule has 25 heavy (non-hydrogen) atoms. The molecule has 2 rings (SSSR count). The van der Waals surface area contributed by atoms with Crippen molar-refractivity contribution in [3.8, 4) is 11.3 Å². The molecule has 136 valence electrons. The first-order chi connectivity index (χ1) is 11.6. The number of nitrogens with one attached hydrogen (secondary N) is 1. The quantitative estimate of drug-likeness (QED) is 0.475. The van der Waals surface area contributed by atoms with E-state index in [1.54, 1.807) is 0 Å². The van der Waals surface area contributed by atoms with Gasteiger partial charge in [-0.15, -0.1) is 0 Å². The van der Waals surface area contributed by atoms with E-state index in [9.17, 15) is 26.0 Å². The third-order valence-corrected chi connectivity index (χ3v) is 4.51. The Morgan fingerprint density at radius 1 is 1.20 bits per heavy atom. The molecule has 0 bridgehead atoms. The number of nitrogens with zero attached hydrogens (tertiary/aromatic N) is 2. The Bertz CT molecular complexity index is 891. The Balaban J connectivity index is 2.59. The zero-order chi connectivity index (χ0) is 18.8. The highest BCUT2D eigenvalue weighted by Crippen LogP contribution is 2.35. The van der Waals surface area contributed by atoms with Crippen LogP contribution in [0, 0.1) is 5.95 Å². The molecule has 0 aliphatic carbocycles. The van der Waals surface area contributed by atoms with Crippen molar-refractivity contribution < 1.29 is 30.7 Å². The molecule has 0 atom stereocenters. The SMILES string of the molecule is COCNS(=O)(=O)c1nc(F)ccc1-c1ccc(C(F)(F)F)c(Cl)n1. The lowest BCUT2D eigenvalue weighted by Gasteiger charge is -2.12. The third-order valence-electron chi connectivity index (χ3n) is 2.90. The van der Waals surface area contributed by atoms with Crippen molar-refractivity contribution in [2.45, 2.75) is 11.2 Å². The number of methoxy groups -OCH3 is 1. The van der Waals surface area contributed by atoms with Crippen molar-refractivity contribution in [1.29, 1.82) is 0 Å². The number of pyridine rings is 2. The first-order valence-corrected chi connectivity index (χ1v) is 8.31. The van der Waals surface area contributed by atoms with Gasteiger partial charge in [0.05, 0.1) is 11.3 Å². The molecular formula is C13H10ClF4N3O3S. The van der Waals surface area contributed by atoms with E-state index in [4.69, 9.17) is 11.6 Å². The van der Waals surface area contributed by atoms with E-state index in [0.717, 1.165) is 18.2 Å². The lowest BCUT2D eigenvalue weighted by atomic mass is 10.1. The highest BCUT2D eigenvalue weighted by molar-refractivity contribution is 7.89. The number of halogens is 5. The van der Waals surface area contributed by atoms with Crippen LogP contribution in [0.5, 0.6) is 0 Å². The van der Waals surface area contributed by atoms with E-state index in [1.807, 2.05) is 4.72 Å². The summed E-state index contributed by atoms with van der Waals surface area (Å²) in [6.07, 6.45) is -4.72. The summed E-state index contributed by atoms with van der Waals surface area (Å²) in [6.45, 7) is -0.416.